The van der Waals surface area contributed by atoms with E-state index in [1.165, 1.54) is 18.3 Å². The second-order valence-electron chi connectivity index (χ2n) is 5.74. The van der Waals surface area contributed by atoms with Crippen molar-refractivity contribution in [3.8, 4) is 11.3 Å². The first-order chi connectivity index (χ1) is 11.5. The molecule has 1 amide bonds. The normalized spacial score (nSPS) is 13.3. The summed E-state index contributed by atoms with van der Waals surface area (Å²) in [5.74, 6) is -0.113. The lowest BCUT2D eigenvalue weighted by Gasteiger charge is -2.21. The van der Waals surface area contributed by atoms with Crippen LogP contribution in [0.15, 0.2) is 60.0 Å². The van der Waals surface area contributed by atoms with Gasteiger partial charge < -0.3 is 10.4 Å². The zero-order chi connectivity index (χ0) is 17.2. The van der Waals surface area contributed by atoms with E-state index in [4.69, 9.17) is 0 Å². The van der Waals surface area contributed by atoms with Crippen molar-refractivity contribution in [1.82, 2.24) is 4.98 Å². The number of benzene rings is 2. The number of nitrogens with zero attached hydrogens (tertiary/aromatic N) is 1. The molecule has 2 N–H and O–H groups in total. The summed E-state index contributed by atoms with van der Waals surface area (Å²) in [6.07, 6.45) is 0. The van der Waals surface area contributed by atoms with E-state index in [0.29, 0.717) is 5.01 Å². The number of hydrogen-bond donors (Lipinski definition) is 2. The lowest BCUT2D eigenvalue weighted by Crippen LogP contribution is -2.22. The maximum Gasteiger partial charge on any atom is 0.221 e. The first-order valence-electron chi connectivity index (χ1n) is 7.59. The van der Waals surface area contributed by atoms with Crippen LogP contribution < -0.4 is 5.32 Å². The third-order valence-corrected chi connectivity index (χ3v) is 4.79. The summed E-state index contributed by atoms with van der Waals surface area (Å²) in [4.78, 5) is 15.8. The molecule has 1 unspecified atom stereocenters. The molecule has 0 radical (unpaired) electrons. The largest absolute Gasteiger partial charge is 0.378 e. The highest BCUT2D eigenvalue weighted by Gasteiger charge is 2.29. The molecule has 0 aliphatic rings. The van der Waals surface area contributed by atoms with Crippen LogP contribution in [0, 0.1) is 0 Å². The number of amides is 1. The highest BCUT2D eigenvalue weighted by molar-refractivity contribution is 7.10. The van der Waals surface area contributed by atoms with Gasteiger partial charge in [0, 0.05) is 23.6 Å². The summed E-state index contributed by atoms with van der Waals surface area (Å²) in [5, 5.41) is 16.2. The average Bonchev–Trinajstić information content (AvgIpc) is 3.06. The number of carbonyl (C=O) groups excluding carboxylic acids is 1. The Bertz CT molecular complexity index is 857. The van der Waals surface area contributed by atoms with E-state index in [-0.39, 0.29) is 5.91 Å². The number of aromatic nitrogens is 1. The van der Waals surface area contributed by atoms with Crippen molar-refractivity contribution < 1.29 is 9.90 Å². The quantitative estimate of drug-likeness (QED) is 0.755. The molecule has 0 spiro atoms. The molecule has 1 atom stereocenters. The van der Waals surface area contributed by atoms with Gasteiger partial charge >= 0.3 is 0 Å². The third kappa shape index (κ3) is 3.37. The van der Waals surface area contributed by atoms with Gasteiger partial charge in [-0.2, -0.15) is 0 Å². The molecular weight excluding hydrogens is 320 g/mol. The Balaban J connectivity index is 1.92. The fraction of sp³-hybridized carbons (Fsp3) is 0.158. The van der Waals surface area contributed by atoms with E-state index in [2.05, 4.69) is 10.3 Å². The minimum atomic E-state index is -1.14. The van der Waals surface area contributed by atoms with E-state index >= 15 is 0 Å². The minimum Gasteiger partial charge on any atom is -0.378 e. The van der Waals surface area contributed by atoms with Crippen LogP contribution in [0.25, 0.3) is 11.3 Å². The Morgan fingerprint density at radius 2 is 1.92 bits per heavy atom. The summed E-state index contributed by atoms with van der Waals surface area (Å²) in [6, 6.07) is 17.0. The Kier molecular flexibility index (Phi) is 4.46. The Morgan fingerprint density at radius 3 is 2.62 bits per heavy atom. The Labute approximate surface area is 144 Å². The molecule has 3 aromatic rings. The van der Waals surface area contributed by atoms with Crippen LogP contribution in [0.1, 0.15) is 24.4 Å². The predicted octanol–water partition coefficient (Wildman–Crippen LogP) is 4.02. The van der Waals surface area contributed by atoms with Crippen molar-refractivity contribution >= 4 is 22.9 Å². The Hall–Kier alpha value is -2.50. The molecular formula is C19H18N2O2S. The molecule has 0 saturated carbocycles. The number of hydrogen-bond acceptors (Lipinski definition) is 4. The Morgan fingerprint density at radius 1 is 1.17 bits per heavy atom. The van der Waals surface area contributed by atoms with Crippen LogP contribution in [-0.4, -0.2) is 16.0 Å². The number of rotatable bonds is 4. The standard InChI is InChI=1S/C19H18N2O2S/c1-13(22)20-16-10-6-7-14(11-16)17-12-24-18(21-17)19(2,23)15-8-4-3-5-9-15/h3-12,23H,1-2H3,(H,20,22). The van der Waals surface area contributed by atoms with Crippen molar-refractivity contribution in [1.29, 1.82) is 0 Å². The molecule has 0 aliphatic carbocycles. The fourth-order valence-electron chi connectivity index (χ4n) is 2.48. The predicted molar refractivity (Wildman–Crippen MR) is 97.0 cm³/mol. The second kappa shape index (κ2) is 6.55. The molecule has 1 aromatic heterocycles. The molecule has 3 rings (SSSR count). The first-order valence-corrected chi connectivity index (χ1v) is 8.47. The second-order valence-corrected chi connectivity index (χ2v) is 6.60. The van der Waals surface area contributed by atoms with Crippen LogP contribution >= 0.6 is 11.3 Å². The molecule has 24 heavy (non-hydrogen) atoms. The van der Waals surface area contributed by atoms with Gasteiger partial charge in [-0.3, -0.25) is 4.79 Å². The van der Waals surface area contributed by atoms with Gasteiger partial charge in [0.1, 0.15) is 10.6 Å². The van der Waals surface area contributed by atoms with Crippen molar-refractivity contribution in [3.05, 3.63) is 70.5 Å². The highest BCUT2D eigenvalue weighted by Crippen LogP contribution is 2.34. The molecule has 0 saturated heterocycles. The van der Waals surface area contributed by atoms with E-state index < -0.39 is 5.60 Å². The fourth-order valence-corrected chi connectivity index (χ4v) is 3.39. The van der Waals surface area contributed by atoms with E-state index in [1.807, 2.05) is 60.0 Å². The maximum absolute atomic E-state index is 11.2. The summed E-state index contributed by atoms with van der Waals surface area (Å²) in [6.45, 7) is 3.23. The van der Waals surface area contributed by atoms with Gasteiger partial charge in [-0.15, -0.1) is 11.3 Å². The maximum atomic E-state index is 11.2. The molecule has 122 valence electrons. The molecule has 1 heterocycles. The van der Waals surface area contributed by atoms with E-state index in [1.54, 1.807) is 6.92 Å². The number of nitrogens with one attached hydrogen (secondary N) is 1. The molecule has 5 heteroatoms. The van der Waals surface area contributed by atoms with E-state index in [0.717, 1.165) is 22.5 Å². The third-order valence-electron chi connectivity index (χ3n) is 3.74. The van der Waals surface area contributed by atoms with Crippen molar-refractivity contribution in [2.45, 2.75) is 19.4 Å². The van der Waals surface area contributed by atoms with Crippen LogP contribution in [0.2, 0.25) is 0 Å². The molecule has 0 fully saturated rings. The molecule has 4 nitrogen and oxygen atoms in total. The smallest absolute Gasteiger partial charge is 0.221 e. The molecule has 0 aliphatic heterocycles. The summed E-state index contributed by atoms with van der Waals surface area (Å²) in [7, 11) is 0. The van der Waals surface area contributed by atoms with Crippen LogP contribution in [0.5, 0.6) is 0 Å². The number of thiazole rings is 1. The van der Waals surface area contributed by atoms with E-state index in [9.17, 15) is 9.90 Å². The van der Waals surface area contributed by atoms with Crippen molar-refractivity contribution in [2.24, 2.45) is 0 Å². The molecule has 0 bridgehead atoms. The zero-order valence-corrected chi connectivity index (χ0v) is 14.3. The minimum absolute atomic E-state index is 0.113. The summed E-state index contributed by atoms with van der Waals surface area (Å²) in [5.41, 5.74) is 2.06. The average molecular weight is 338 g/mol. The van der Waals surface area contributed by atoms with Crippen LogP contribution in [0.3, 0.4) is 0 Å². The molecule has 2 aromatic carbocycles. The van der Waals surface area contributed by atoms with Crippen molar-refractivity contribution in [3.63, 3.8) is 0 Å². The van der Waals surface area contributed by atoms with Gasteiger partial charge in [0.15, 0.2) is 0 Å². The van der Waals surface area contributed by atoms with Gasteiger partial charge in [0.05, 0.1) is 5.69 Å². The number of anilines is 1. The number of carbonyl (C=O) groups is 1. The van der Waals surface area contributed by atoms with Crippen LogP contribution in [-0.2, 0) is 10.4 Å². The topological polar surface area (TPSA) is 62.2 Å². The lowest BCUT2D eigenvalue weighted by molar-refractivity contribution is -0.114. The van der Waals surface area contributed by atoms with Gasteiger partial charge in [-0.1, -0.05) is 42.5 Å². The lowest BCUT2D eigenvalue weighted by atomic mass is 9.97. The van der Waals surface area contributed by atoms with Gasteiger partial charge in [0.25, 0.3) is 0 Å². The monoisotopic (exact) mass is 338 g/mol. The van der Waals surface area contributed by atoms with Gasteiger partial charge in [-0.25, -0.2) is 4.98 Å². The van der Waals surface area contributed by atoms with Crippen LogP contribution in [0.4, 0.5) is 5.69 Å². The van der Waals surface area contributed by atoms with Gasteiger partial charge in [-0.05, 0) is 24.6 Å². The summed E-state index contributed by atoms with van der Waals surface area (Å²) >= 11 is 1.42. The summed E-state index contributed by atoms with van der Waals surface area (Å²) < 4.78 is 0. The van der Waals surface area contributed by atoms with Crippen molar-refractivity contribution in [2.75, 3.05) is 5.32 Å². The highest BCUT2D eigenvalue weighted by atomic mass is 32.1. The first kappa shape index (κ1) is 16.4. The number of aliphatic hydroxyl groups is 1. The SMILES string of the molecule is CC(=O)Nc1cccc(-c2csc(C(C)(O)c3ccccc3)n2)c1. The van der Waals surface area contributed by atoms with Gasteiger partial charge in [0.2, 0.25) is 5.91 Å². The zero-order valence-electron chi connectivity index (χ0n) is 13.5.